The highest BCUT2D eigenvalue weighted by Gasteiger charge is 2.20. The van der Waals surface area contributed by atoms with Crippen molar-refractivity contribution in [1.82, 2.24) is 5.32 Å². The number of methoxy groups -OCH3 is 3. The van der Waals surface area contributed by atoms with E-state index in [2.05, 4.69) is 5.32 Å². The van der Waals surface area contributed by atoms with Gasteiger partial charge in [0.2, 0.25) is 0 Å². The molecule has 0 saturated heterocycles. The number of benzene rings is 1. The average Bonchev–Trinajstić information content (AvgIpc) is 2.58. The minimum atomic E-state index is -0.675. The first kappa shape index (κ1) is 19.6. The maximum absolute atomic E-state index is 12.2. The molecule has 1 N–H and O–H groups in total. The maximum atomic E-state index is 12.2. The number of esters is 1. The molecule has 0 fully saturated rings. The molecular formula is C17H25NO6. The Balaban J connectivity index is 2.78. The molecule has 0 spiro atoms. The molecule has 0 unspecified atom stereocenters. The molecule has 7 nitrogen and oxygen atoms in total. The monoisotopic (exact) mass is 339 g/mol. The zero-order chi connectivity index (χ0) is 18.1. The second-order valence-electron chi connectivity index (χ2n) is 5.24. The Labute approximate surface area is 142 Å². The minimum absolute atomic E-state index is 0.0387. The molecule has 1 aromatic rings. The second kappa shape index (κ2) is 9.64. The molecule has 0 aliphatic carbocycles. The number of carbonyl (C=O) groups is 2. The van der Waals surface area contributed by atoms with E-state index < -0.39 is 5.97 Å². The van der Waals surface area contributed by atoms with E-state index in [0.717, 1.165) is 12.8 Å². The van der Waals surface area contributed by atoms with Crippen molar-refractivity contribution in [3.05, 3.63) is 17.7 Å². The maximum Gasteiger partial charge on any atom is 0.342 e. The second-order valence-corrected chi connectivity index (χ2v) is 5.24. The molecule has 0 aliphatic rings. The molecule has 0 bridgehead atoms. The predicted octanol–water partition coefficient (Wildman–Crippen LogP) is 2.17. The highest BCUT2D eigenvalue weighted by atomic mass is 16.5. The first-order valence-corrected chi connectivity index (χ1v) is 7.73. The smallest absolute Gasteiger partial charge is 0.342 e. The van der Waals surface area contributed by atoms with E-state index in [1.165, 1.54) is 33.5 Å². The zero-order valence-corrected chi connectivity index (χ0v) is 14.8. The molecule has 0 aliphatic heterocycles. The predicted molar refractivity (Wildman–Crippen MR) is 88.9 cm³/mol. The van der Waals surface area contributed by atoms with Crippen molar-refractivity contribution in [1.29, 1.82) is 0 Å². The van der Waals surface area contributed by atoms with Gasteiger partial charge in [-0.3, -0.25) is 4.79 Å². The summed E-state index contributed by atoms with van der Waals surface area (Å²) in [6, 6.07) is 3.02. The van der Waals surface area contributed by atoms with Gasteiger partial charge < -0.3 is 24.3 Å². The van der Waals surface area contributed by atoms with Gasteiger partial charge >= 0.3 is 5.97 Å². The van der Waals surface area contributed by atoms with Crippen molar-refractivity contribution < 1.29 is 28.5 Å². The number of nitrogens with one attached hydrogen (secondary N) is 1. The lowest BCUT2D eigenvalue weighted by molar-refractivity contribution is -0.124. The van der Waals surface area contributed by atoms with Gasteiger partial charge in [-0.25, -0.2) is 4.79 Å². The van der Waals surface area contributed by atoms with E-state index in [1.807, 2.05) is 13.8 Å². The number of rotatable bonds is 9. The van der Waals surface area contributed by atoms with Gasteiger partial charge in [0.25, 0.3) is 5.91 Å². The molecule has 1 amide bonds. The minimum Gasteiger partial charge on any atom is -0.496 e. The molecule has 1 rings (SSSR count). The molecule has 0 saturated carbocycles. The van der Waals surface area contributed by atoms with Gasteiger partial charge in [0.1, 0.15) is 11.3 Å². The third-order valence-electron chi connectivity index (χ3n) is 3.39. The topological polar surface area (TPSA) is 83.1 Å². The quantitative estimate of drug-likeness (QED) is 0.694. The molecule has 1 aromatic carbocycles. The fourth-order valence-electron chi connectivity index (χ4n) is 2.22. The lowest BCUT2D eigenvalue weighted by atomic mass is 10.1. The van der Waals surface area contributed by atoms with Crippen LogP contribution in [-0.2, 0) is 9.53 Å². The number of amides is 1. The summed E-state index contributed by atoms with van der Waals surface area (Å²) in [6.45, 7) is 3.58. The fourth-order valence-corrected chi connectivity index (χ4v) is 2.22. The summed E-state index contributed by atoms with van der Waals surface area (Å²) < 4.78 is 20.6. The molecule has 1 atom stereocenters. The third kappa shape index (κ3) is 5.33. The molecule has 0 aromatic heterocycles. The Morgan fingerprint density at radius 3 is 2.17 bits per heavy atom. The van der Waals surface area contributed by atoms with Crippen molar-refractivity contribution >= 4 is 11.9 Å². The first-order chi connectivity index (χ1) is 11.5. The largest absolute Gasteiger partial charge is 0.496 e. The van der Waals surface area contributed by atoms with Crippen LogP contribution >= 0.6 is 0 Å². The summed E-state index contributed by atoms with van der Waals surface area (Å²) in [6.07, 6.45) is 1.83. The SMILES string of the molecule is CCC[C@H](C)NC(=O)COC(=O)c1cc(OC)c(OC)cc1OC. The standard InChI is InChI=1S/C17H25NO6/c1-6-7-11(2)18-16(19)10-24-17(20)12-8-14(22-4)15(23-5)9-13(12)21-3/h8-9,11H,6-7,10H2,1-5H3,(H,18,19)/t11-/m0/s1. The molecule has 134 valence electrons. The van der Waals surface area contributed by atoms with Crippen molar-refractivity contribution in [3.63, 3.8) is 0 Å². The van der Waals surface area contributed by atoms with E-state index in [4.69, 9.17) is 18.9 Å². The number of ether oxygens (including phenoxy) is 4. The van der Waals surface area contributed by atoms with Crippen molar-refractivity contribution in [2.24, 2.45) is 0 Å². The van der Waals surface area contributed by atoms with Gasteiger partial charge in [-0.05, 0) is 13.3 Å². The van der Waals surface area contributed by atoms with E-state index in [9.17, 15) is 9.59 Å². The van der Waals surface area contributed by atoms with Crippen LogP contribution in [0.3, 0.4) is 0 Å². The van der Waals surface area contributed by atoms with Crippen LogP contribution in [0.4, 0.5) is 0 Å². The van der Waals surface area contributed by atoms with E-state index in [1.54, 1.807) is 0 Å². The van der Waals surface area contributed by atoms with Gasteiger partial charge in [0, 0.05) is 18.2 Å². The van der Waals surface area contributed by atoms with Gasteiger partial charge in [-0.15, -0.1) is 0 Å². The molecule has 0 heterocycles. The third-order valence-corrected chi connectivity index (χ3v) is 3.39. The van der Waals surface area contributed by atoms with Crippen molar-refractivity contribution in [3.8, 4) is 17.2 Å². The molecular weight excluding hydrogens is 314 g/mol. The van der Waals surface area contributed by atoms with Crippen LogP contribution in [-0.4, -0.2) is 45.9 Å². The Hall–Kier alpha value is -2.44. The Bertz CT molecular complexity index is 572. The summed E-state index contributed by atoms with van der Waals surface area (Å²) in [5, 5.41) is 2.76. The lowest BCUT2D eigenvalue weighted by Gasteiger charge is -2.15. The van der Waals surface area contributed by atoms with Crippen molar-refractivity contribution in [2.75, 3.05) is 27.9 Å². The van der Waals surface area contributed by atoms with Crippen LogP contribution in [0.2, 0.25) is 0 Å². The van der Waals surface area contributed by atoms with Crippen LogP contribution in [0.15, 0.2) is 12.1 Å². The van der Waals surface area contributed by atoms with Gasteiger partial charge in [-0.1, -0.05) is 13.3 Å². The van der Waals surface area contributed by atoms with Crippen molar-refractivity contribution in [2.45, 2.75) is 32.7 Å². The molecule has 24 heavy (non-hydrogen) atoms. The Morgan fingerprint density at radius 1 is 1.04 bits per heavy atom. The number of hydrogen-bond acceptors (Lipinski definition) is 6. The summed E-state index contributed by atoms with van der Waals surface area (Å²) in [4.78, 5) is 24.0. The van der Waals surface area contributed by atoms with Crippen LogP contribution < -0.4 is 19.5 Å². The van der Waals surface area contributed by atoms with Crippen LogP contribution in [0, 0.1) is 0 Å². The normalized spacial score (nSPS) is 11.4. The van der Waals surface area contributed by atoms with Gasteiger partial charge in [0.15, 0.2) is 18.1 Å². The van der Waals surface area contributed by atoms with Gasteiger partial charge in [0.05, 0.1) is 21.3 Å². The summed E-state index contributed by atoms with van der Waals surface area (Å²) in [7, 11) is 4.37. The van der Waals surface area contributed by atoms with Crippen LogP contribution in [0.5, 0.6) is 17.2 Å². The number of hydrogen-bond donors (Lipinski definition) is 1. The molecule has 0 radical (unpaired) electrons. The van der Waals surface area contributed by atoms with Gasteiger partial charge in [-0.2, -0.15) is 0 Å². The fraction of sp³-hybridized carbons (Fsp3) is 0.529. The summed E-state index contributed by atoms with van der Waals surface area (Å²) >= 11 is 0. The highest BCUT2D eigenvalue weighted by Crippen LogP contribution is 2.34. The highest BCUT2D eigenvalue weighted by molar-refractivity contribution is 5.95. The summed E-state index contributed by atoms with van der Waals surface area (Å²) in [5.41, 5.74) is 0.157. The Kier molecular flexibility index (Phi) is 7.88. The Morgan fingerprint density at radius 2 is 1.62 bits per heavy atom. The molecule has 7 heteroatoms. The lowest BCUT2D eigenvalue weighted by Crippen LogP contribution is -2.35. The van der Waals surface area contributed by atoms with E-state index in [-0.39, 0.29) is 29.9 Å². The number of carbonyl (C=O) groups excluding carboxylic acids is 2. The zero-order valence-electron chi connectivity index (χ0n) is 14.8. The first-order valence-electron chi connectivity index (χ1n) is 7.73. The van der Waals surface area contributed by atoms with Crippen LogP contribution in [0.25, 0.3) is 0 Å². The van der Waals surface area contributed by atoms with E-state index in [0.29, 0.717) is 11.5 Å². The van der Waals surface area contributed by atoms with Crippen LogP contribution in [0.1, 0.15) is 37.0 Å². The van der Waals surface area contributed by atoms with E-state index >= 15 is 0 Å². The average molecular weight is 339 g/mol. The summed E-state index contributed by atoms with van der Waals surface area (Å²) in [5.74, 6) is 0.0514.